The smallest absolute Gasteiger partial charge is 0.229 e. The minimum Gasteiger partial charge on any atom is -0.352 e. The van der Waals surface area contributed by atoms with Gasteiger partial charge in [0.15, 0.2) is 0 Å². The zero-order valence-corrected chi connectivity index (χ0v) is 16.1. The number of halogens is 1. The fourth-order valence-electron chi connectivity index (χ4n) is 2.79. The van der Waals surface area contributed by atoms with Crippen molar-refractivity contribution in [1.29, 1.82) is 0 Å². The molecule has 0 atom stereocenters. The summed E-state index contributed by atoms with van der Waals surface area (Å²) in [6.07, 6.45) is 0. The molecule has 0 aliphatic carbocycles. The number of benzene rings is 2. The van der Waals surface area contributed by atoms with Gasteiger partial charge in [0, 0.05) is 35.6 Å². The highest BCUT2D eigenvalue weighted by Crippen LogP contribution is 2.26. The quantitative estimate of drug-likeness (QED) is 0.623. The Balaban J connectivity index is 1.87. The second-order valence-corrected chi connectivity index (χ2v) is 6.64. The molecule has 0 bridgehead atoms. The zero-order valence-electron chi connectivity index (χ0n) is 15.3. The topological polar surface area (TPSA) is 41.1 Å². The Morgan fingerprint density at radius 2 is 1.77 bits per heavy atom. The van der Waals surface area contributed by atoms with Crippen molar-refractivity contribution in [2.75, 3.05) is 16.8 Å². The van der Waals surface area contributed by atoms with E-state index in [1.54, 1.807) is 0 Å². The number of nitrogens with one attached hydrogen (secondary N) is 1. The van der Waals surface area contributed by atoms with E-state index in [1.807, 2.05) is 44.2 Å². The van der Waals surface area contributed by atoms with Crippen LogP contribution in [-0.2, 0) is 6.54 Å². The molecule has 0 spiro atoms. The van der Waals surface area contributed by atoms with Crippen LogP contribution in [0, 0.1) is 13.8 Å². The highest BCUT2D eigenvalue weighted by Gasteiger charge is 2.11. The van der Waals surface area contributed by atoms with Crippen molar-refractivity contribution >= 4 is 29.1 Å². The van der Waals surface area contributed by atoms with Gasteiger partial charge in [-0.1, -0.05) is 48.0 Å². The van der Waals surface area contributed by atoms with Crippen LogP contribution < -0.4 is 10.2 Å². The summed E-state index contributed by atoms with van der Waals surface area (Å²) in [6, 6.07) is 18.2. The maximum atomic E-state index is 6.22. The highest BCUT2D eigenvalue weighted by atomic mass is 35.5. The normalized spacial score (nSPS) is 10.6. The average Bonchev–Trinajstić information content (AvgIpc) is 2.64. The molecular weight excluding hydrogens is 344 g/mol. The van der Waals surface area contributed by atoms with Crippen LogP contribution in [-0.4, -0.2) is 16.5 Å². The molecule has 4 nitrogen and oxygen atoms in total. The van der Waals surface area contributed by atoms with Crippen molar-refractivity contribution in [1.82, 2.24) is 9.97 Å². The predicted molar refractivity (Wildman–Crippen MR) is 109 cm³/mol. The standard InChI is InChI=1S/C21H23ClN4/c1-4-26(14-17-9-6-5-7-10-17)20-13-15(2)23-21(25-20)24-19-12-8-11-18(22)16(19)3/h5-13H,4,14H2,1-3H3,(H,23,24,25). The summed E-state index contributed by atoms with van der Waals surface area (Å²) >= 11 is 6.22. The van der Waals surface area contributed by atoms with Crippen LogP contribution >= 0.6 is 11.6 Å². The molecule has 3 rings (SSSR count). The first kappa shape index (κ1) is 18.2. The van der Waals surface area contributed by atoms with E-state index >= 15 is 0 Å². The molecule has 0 saturated heterocycles. The number of rotatable bonds is 6. The maximum Gasteiger partial charge on any atom is 0.229 e. The van der Waals surface area contributed by atoms with Crippen molar-refractivity contribution in [3.8, 4) is 0 Å². The van der Waals surface area contributed by atoms with Crippen LogP contribution in [0.5, 0.6) is 0 Å². The van der Waals surface area contributed by atoms with Gasteiger partial charge in [-0.05, 0) is 44.0 Å². The molecule has 0 saturated carbocycles. The number of hydrogen-bond acceptors (Lipinski definition) is 4. The average molecular weight is 367 g/mol. The Labute approximate surface area is 159 Å². The number of aryl methyl sites for hydroxylation is 1. The fraction of sp³-hybridized carbons (Fsp3) is 0.238. The molecular formula is C21H23ClN4. The lowest BCUT2D eigenvalue weighted by molar-refractivity contribution is 0.809. The fourth-order valence-corrected chi connectivity index (χ4v) is 2.97. The van der Waals surface area contributed by atoms with E-state index in [0.717, 1.165) is 40.9 Å². The van der Waals surface area contributed by atoms with Gasteiger partial charge >= 0.3 is 0 Å². The van der Waals surface area contributed by atoms with Gasteiger partial charge in [0.25, 0.3) is 0 Å². The highest BCUT2D eigenvalue weighted by molar-refractivity contribution is 6.31. The van der Waals surface area contributed by atoms with Gasteiger partial charge in [0.05, 0.1) is 0 Å². The van der Waals surface area contributed by atoms with Crippen LogP contribution in [0.2, 0.25) is 5.02 Å². The monoisotopic (exact) mass is 366 g/mol. The van der Waals surface area contributed by atoms with E-state index in [1.165, 1.54) is 5.56 Å². The summed E-state index contributed by atoms with van der Waals surface area (Å²) in [5.74, 6) is 1.49. The molecule has 0 aliphatic heterocycles. The van der Waals surface area contributed by atoms with Gasteiger partial charge in [-0.2, -0.15) is 4.98 Å². The van der Waals surface area contributed by atoms with Crippen LogP contribution in [0.25, 0.3) is 0 Å². The molecule has 0 radical (unpaired) electrons. The molecule has 0 aliphatic rings. The summed E-state index contributed by atoms with van der Waals surface area (Å²) < 4.78 is 0. The molecule has 1 aromatic heterocycles. The van der Waals surface area contributed by atoms with E-state index in [2.05, 4.69) is 46.4 Å². The third-order valence-electron chi connectivity index (χ3n) is 4.28. The van der Waals surface area contributed by atoms with Crippen LogP contribution in [0.3, 0.4) is 0 Å². The first-order valence-electron chi connectivity index (χ1n) is 8.73. The zero-order chi connectivity index (χ0) is 18.5. The summed E-state index contributed by atoms with van der Waals surface area (Å²) in [4.78, 5) is 11.5. The molecule has 3 aromatic rings. The van der Waals surface area contributed by atoms with Crippen molar-refractivity contribution in [3.63, 3.8) is 0 Å². The van der Waals surface area contributed by atoms with Gasteiger partial charge in [-0.3, -0.25) is 0 Å². The molecule has 1 heterocycles. The van der Waals surface area contributed by atoms with E-state index in [0.29, 0.717) is 5.95 Å². The molecule has 26 heavy (non-hydrogen) atoms. The van der Waals surface area contributed by atoms with Gasteiger partial charge in [-0.15, -0.1) is 0 Å². The lowest BCUT2D eigenvalue weighted by Gasteiger charge is -2.23. The van der Waals surface area contributed by atoms with E-state index in [9.17, 15) is 0 Å². The first-order valence-corrected chi connectivity index (χ1v) is 9.11. The maximum absolute atomic E-state index is 6.22. The van der Waals surface area contributed by atoms with Crippen LogP contribution in [0.1, 0.15) is 23.7 Å². The van der Waals surface area contributed by atoms with Gasteiger partial charge < -0.3 is 10.2 Å². The molecule has 134 valence electrons. The van der Waals surface area contributed by atoms with Gasteiger partial charge in [0.1, 0.15) is 5.82 Å². The third kappa shape index (κ3) is 4.33. The lowest BCUT2D eigenvalue weighted by atomic mass is 10.2. The molecule has 0 fully saturated rings. The summed E-state index contributed by atoms with van der Waals surface area (Å²) in [7, 11) is 0. The molecule has 0 amide bonds. The Kier molecular flexibility index (Phi) is 5.74. The van der Waals surface area contributed by atoms with Crippen molar-refractivity contribution in [3.05, 3.63) is 76.4 Å². The van der Waals surface area contributed by atoms with Crippen molar-refractivity contribution in [2.45, 2.75) is 27.3 Å². The Morgan fingerprint density at radius 3 is 2.50 bits per heavy atom. The lowest BCUT2D eigenvalue weighted by Crippen LogP contribution is -2.23. The van der Waals surface area contributed by atoms with Crippen LogP contribution in [0.15, 0.2) is 54.6 Å². The molecule has 5 heteroatoms. The largest absolute Gasteiger partial charge is 0.352 e. The van der Waals surface area contributed by atoms with Gasteiger partial charge in [-0.25, -0.2) is 4.98 Å². The SMILES string of the molecule is CCN(Cc1ccccc1)c1cc(C)nc(Nc2cccc(Cl)c2C)n1. The summed E-state index contributed by atoms with van der Waals surface area (Å²) in [5.41, 5.74) is 4.08. The van der Waals surface area contributed by atoms with Gasteiger partial charge in [0.2, 0.25) is 5.95 Å². The van der Waals surface area contributed by atoms with E-state index in [-0.39, 0.29) is 0 Å². The van der Waals surface area contributed by atoms with E-state index < -0.39 is 0 Å². The Hall–Kier alpha value is -2.59. The van der Waals surface area contributed by atoms with E-state index in [4.69, 9.17) is 16.6 Å². The van der Waals surface area contributed by atoms with Crippen molar-refractivity contribution < 1.29 is 0 Å². The first-order chi connectivity index (χ1) is 12.6. The molecule has 0 unspecified atom stereocenters. The minimum atomic E-state index is 0.580. The Morgan fingerprint density at radius 1 is 1.00 bits per heavy atom. The number of nitrogens with zero attached hydrogens (tertiary/aromatic N) is 3. The Bertz CT molecular complexity index is 880. The van der Waals surface area contributed by atoms with Crippen LogP contribution in [0.4, 0.5) is 17.5 Å². The second-order valence-electron chi connectivity index (χ2n) is 6.23. The molecule has 1 N–H and O–H groups in total. The number of aromatic nitrogens is 2. The van der Waals surface area contributed by atoms with Crippen molar-refractivity contribution in [2.24, 2.45) is 0 Å². The summed E-state index contributed by atoms with van der Waals surface area (Å²) in [5, 5.41) is 4.03. The number of hydrogen-bond donors (Lipinski definition) is 1. The minimum absolute atomic E-state index is 0.580. The second kappa shape index (κ2) is 8.19. The number of anilines is 3. The third-order valence-corrected chi connectivity index (χ3v) is 4.69. The molecule has 2 aromatic carbocycles. The predicted octanol–water partition coefficient (Wildman–Crippen LogP) is 5.52. The summed E-state index contributed by atoms with van der Waals surface area (Å²) in [6.45, 7) is 7.77.